The summed E-state index contributed by atoms with van der Waals surface area (Å²) < 4.78 is 32.7. The van der Waals surface area contributed by atoms with Crippen LogP contribution in [0.1, 0.15) is 46.4 Å². The summed E-state index contributed by atoms with van der Waals surface area (Å²) in [6.45, 7) is 0.964. The van der Waals surface area contributed by atoms with E-state index in [-0.39, 0.29) is 21.7 Å². The number of sulfonamides is 1. The Balaban J connectivity index is 1.86. The van der Waals surface area contributed by atoms with E-state index >= 15 is 0 Å². The molecule has 0 atom stereocenters. The van der Waals surface area contributed by atoms with E-state index in [9.17, 15) is 18.0 Å². The molecule has 3 rings (SSSR count). The van der Waals surface area contributed by atoms with Gasteiger partial charge in [0.2, 0.25) is 15.9 Å². The van der Waals surface area contributed by atoms with E-state index < -0.39 is 21.8 Å². The third-order valence-electron chi connectivity index (χ3n) is 5.03. The lowest BCUT2D eigenvalue weighted by Crippen LogP contribution is -2.32. The Morgan fingerprint density at radius 2 is 1.70 bits per heavy atom. The fraction of sp³-hybridized carbons (Fsp3) is 0.333. The monoisotopic (exact) mass is 431 g/mol. The number of nitrogens with two attached hydrogens (primary N) is 1. The highest BCUT2D eigenvalue weighted by atomic mass is 32.2. The Kier molecular flexibility index (Phi) is 6.73. The van der Waals surface area contributed by atoms with Crippen molar-refractivity contribution in [2.24, 2.45) is 5.73 Å². The molecule has 1 fully saturated rings. The highest BCUT2D eigenvalue weighted by Gasteiger charge is 2.26. The lowest BCUT2D eigenvalue weighted by molar-refractivity contribution is 0.0996. The van der Waals surface area contributed by atoms with Crippen LogP contribution in [0.4, 0.5) is 5.69 Å². The number of nitrogens with zero attached hydrogens (tertiary/aromatic N) is 1. The minimum atomic E-state index is -3.68. The van der Waals surface area contributed by atoms with Crippen LogP contribution in [0.15, 0.2) is 47.4 Å². The van der Waals surface area contributed by atoms with Crippen LogP contribution in [0, 0.1) is 0 Å². The van der Waals surface area contributed by atoms with Gasteiger partial charge in [0.15, 0.2) is 0 Å². The van der Waals surface area contributed by atoms with Crippen LogP contribution >= 0.6 is 0 Å². The van der Waals surface area contributed by atoms with Crippen molar-refractivity contribution in [1.82, 2.24) is 4.31 Å². The third-order valence-corrected chi connectivity index (χ3v) is 6.93. The van der Waals surface area contributed by atoms with Gasteiger partial charge in [-0.15, -0.1) is 0 Å². The minimum Gasteiger partial charge on any atom is -0.495 e. The number of carbonyl (C=O) groups is 2. The predicted molar refractivity (Wildman–Crippen MR) is 113 cm³/mol. The average Bonchev–Trinajstić information content (AvgIpc) is 3.04. The summed E-state index contributed by atoms with van der Waals surface area (Å²) in [5.41, 5.74) is 5.96. The molecule has 30 heavy (non-hydrogen) atoms. The summed E-state index contributed by atoms with van der Waals surface area (Å²) in [5.74, 6) is -0.816. The molecule has 3 N–H and O–H groups in total. The van der Waals surface area contributed by atoms with E-state index in [0.717, 1.165) is 25.7 Å². The van der Waals surface area contributed by atoms with Crippen molar-refractivity contribution in [3.63, 3.8) is 0 Å². The lowest BCUT2D eigenvalue weighted by atomic mass is 10.1. The Hall–Kier alpha value is -2.91. The third kappa shape index (κ3) is 4.80. The van der Waals surface area contributed by atoms with Crippen LogP contribution < -0.4 is 15.8 Å². The van der Waals surface area contributed by atoms with Gasteiger partial charge in [0.1, 0.15) is 5.75 Å². The first-order valence-corrected chi connectivity index (χ1v) is 11.2. The van der Waals surface area contributed by atoms with Gasteiger partial charge >= 0.3 is 0 Å². The second-order valence-electron chi connectivity index (χ2n) is 7.08. The molecule has 0 saturated carbocycles. The number of hydrogen-bond acceptors (Lipinski definition) is 5. The van der Waals surface area contributed by atoms with Crippen molar-refractivity contribution in [2.75, 3.05) is 25.5 Å². The standard InChI is InChI=1S/C21H25N3O5S/c1-29-19-10-9-15(20(22)25)14-18(19)23-21(26)16-7-6-8-17(13-16)30(27,28)24-11-4-2-3-5-12-24/h6-10,13-14H,2-5,11-12H2,1H3,(H2,22,25)(H,23,26). The number of nitrogens with one attached hydrogen (secondary N) is 1. The summed E-state index contributed by atoms with van der Waals surface area (Å²) in [6.07, 6.45) is 3.69. The molecule has 160 valence electrons. The summed E-state index contributed by atoms with van der Waals surface area (Å²) in [4.78, 5) is 24.3. The number of methoxy groups -OCH3 is 1. The topological polar surface area (TPSA) is 119 Å². The normalized spacial score (nSPS) is 15.2. The molecule has 0 bridgehead atoms. The first-order chi connectivity index (χ1) is 14.3. The first kappa shape index (κ1) is 21.8. The fourth-order valence-corrected chi connectivity index (χ4v) is 4.95. The van der Waals surface area contributed by atoms with E-state index in [2.05, 4.69) is 5.32 Å². The average molecular weight is 432 g/mol. The van der Waals surface area contributed by atoms with Gasteiger partial charge in [-0.25, -0.2) is 8.42 Å². The van der Waals surface area contributed by atoms with Crippen LogP contribution in [0.2, 0.25) is 0 Å². The highest BCUT2D eigenvalue weighted by Crippen LogP contribution is 2.27. The van der Waals surface area contributed by atoms with E-state index in [0.29, 0.717) is 18.8 Å². The van der Waals surface area contributed by atoms with Gasteiger partial charge in [-0.05, 0) is 49.2 Å². The van der Waals surface area contributed by atoms with Crippen LogP contribution in [0.25, 0.3) is 0 Å². The van der Waals surface area contributed by atoms with E-state index in [4.69, 9.17) is 10.5 Å². The maximum atomic E-state index is 13.0. The molecule has 0 aromatic heterocycles. The van der Waals surface area contributed by atoms with Crippen molar-refractivity contribution < 1.29 is 22.7 Å². The number of carbonyl (C=O) groups excluding carboxylic acids is 2. The summed E-state index contributed by atoms with van der Waals surface area (Å²) in [6, 6.07) is 10.3. The number of rotatable bonds is 6. The Morgan fingerprint density at radius 3 is 2.33 bits per heavy atom. The maximum absolute atomic E-state index is 13.0. The Morgan fingerprint density at radius 1 is 1.00 bits per heavy atom. The van der Waals surface area contributed by atoms with Crippen LogP contribution in [0.3, 0.4) is 0 Å². The second-order valence-corrected chi connectivity index (χ2v) is 9.02. The molecule has 1 aliphatic rings. The SMILES string of the molecule is COc1ccc(C(N)=O)cc1NC(=O)c1cccc(S(=O)(=O)N2CCCCCC2)c1. The Labute approximate surface area is 176 Å². The van der Waals surface area contributed by atoms with Gasteiger partial charge in [-0.3, -0.25) is 9.59 Å². The Bertz CT molecular complexity index is 1040. The zero-order chi connectivity index (χ0) is 21.7. The zero-order valence-corrected chi connectivity index (χ0v) is 17.6. The molecule has 2 amide bonds. The molecule has 0 spiro atoms. The van der Waals surface area contributed by atoms with Crippen LogP contribution in [-0.2, 0) is 10.0 Å². The van der Waals surface area contributed by atoms with Crippen molar-refractivity contribution in [2.45, 2.75) is 30.6 Å². The molecule has 0 unspecified atom stereocenters. The molecule has 1 saturated heterocycles. The van der Waals surface area contributed by atoms with Crippen molar-refractivity contribution in [1.29, 1.82) is 0 Å². The molecule has 9 heteroatoms. The molecule has 1 aliphatic heterocycles. The number of hydrogen-bond donors (Lipinski definition) is 2. The molecule has 8 nitrogen and oxygen atoms in total. The second kappa shape index (κ2) is 9.27. The van der Waals surface area contributed by atoms with Crippen LogP contribution in [-0.4, -0.2) is 44.7 Å². The van der Waals surface area contributed by atoms with Crippen molar-refractivity contribution in [3.05, 3.63) is 53.6 Å². The molecule has 0 radical (unpaired) electrons. The largest absolute Gasteiger partial charge is 0.495 e. The fourth-order valence-electron chi connectivity index (χ4n) is 3.38. The molecule has 2 aromatic rings. The number of ether oxygens (including phenoxy) is 1. The van der Waals surface area contributed by atoms with Gasteiger partial charge in [0.25, 0.3) is 5.91 Å². The molecule has 2 aromatic carbocycles. The first-order valence-electron chi connectivity index (χ1n) is 9.72. The smallest absolute Gasteiger partial charge is 0.255 e. The minimum absolute atomic E-state index is 0.0786. The van der Waals surface area contributed by atoms with E-state index in [1.807, 2.05) is 0 Å². The van der Waals surface area contributed by atoms with Gasteiger partial charge in [-0.2, -0.15) is 4.31 Å². The molecule has 1 heterocycles. The van der Waals surface area contributed by atoms with Gasteiger partial charge in [0, 0.05) is 24.2 Å². The number of primary amides is 1. The van der Waals surface area contributed by atoms with Gasteiger partial charge in [-0.1, -0.05) is 18.9 Å². The van der Waals surface area contributed by atoms with Crippen molar-refractivity contribution in [3.8, 4) is 5.75 Å². The maximum Gasteiger partial charge on any atom is 0.255 e. The number of anilines is 1. The summed E-state index contributed by atoms with van der Waals surface area (Å²) in [5, 5.41) is 2.66. The van der Waals surface area contributed by atoms with E-state index in [1.165, 1.54) is 53.9 Å². The molecule has 0 aliphatic carbocycles. The van der Waals surface area contributed by atoms with Crippen LogP contribution in [0.5, 0.6) is 5.75 Å². The highest BCUT2D eigenvalue weighted by molar-refractivity contribution is 7.89. The van der Waals surface area contributed by atoms with Gasteiger partial charge in [0.05, 0.1) is 17.7 Å². The van der Waals surface area contributed by atoms with E-state index in [1.54, 1.807) is 0 Å². The quantitative estimate of drug-likeness (QED) is 0.729. The lowest BCUT2D eigenvalue weighted by Gasteiger charge is -2.20. The number of benzene rings is 2. The predicted octanol–water partition coefficient (Wildman–Crippen LogP) is 2.61. The molecular weight excluding hydrogens is 406 g/mol. The van der Waals surface area contributed by atoms with Gasteiger partial charge < -0.3 is 15.8 Å². The number of amides is 2. The zero-order valence-electron chi connectivity index (χ0n) is 16.8. The van der Waals surface area contributed by atoms with Crippen molar-refractivity contribution >= 4 is 27.5 Å². The summed E-state index contributed by atoms with van der Waals surface area (Å²) >= 11 is 0. The summed E-state index contributed by atoms with van der Waals surface area (Å²) in [7, 11) is -2.24. The molecular formula is C21H25N3O5S.